The molecule has 0 amide bonds. The van der Waals surface area contributed by atoms with E-state index in [4.69, 9.17) is 11.6 Å². The number of nitrogens with one attached hydrogen (secondary N) is 1. The van der Waals surface area contributed by atoms with E-state index in [2.05, 4.69) is 25.1 Å². The maximum atomic E-state index is 6.13. The Morgan fingerprint density at radius 2 is 1.72 bits per heavy atom. The third-order valence-corrected chi connectivity index (χ3v) is 3.69. The summed E-state index contributed by atoms with van der Waals surface area (Å²) < 4.78 is 0. The van der Waals surface area contributed by atoms with Gasteiger partial charge in [-0.1, -0.05) is 11.6 Å². The minimum atomic E-state index is 0.542. The predicted octanol–water partition coefficient (Wildman–Crippen LogP) is 1.14. The largest absolute Gasteiger partial charge is 0.354 e. The Morgan fingerprint density at radius 1 is 1.00 bits per heavy atom. The van der Waals surface area contributed by atoms with E-state index in [0.717, 1.165) is 51.0 Å². The van der Waals surface area contributed by atoms with Gasteiger partial charge in [0.1, 0.15) is 11.0 Å². The molecule has 98 valence electrons. The average Bonchev–Trinajstić information content (AvgIpc) is 2.93. The van der Waals surface area contributed by atoms with Crippen molar-refractivity contribution in [3.05, 3.63) is 11.2 Å². The second-order valence-corrected chi connectivity index (χ2v) is 5.17. The maximum absolute atomic E-state index is 6.13. The van der Waals surface area contributed by atoms with E-state index in [-0.39, 0.29) is 0 Å². The van der Waals surface area contributed by atoms with Crippen molar-refractivity contribution < 1.29 is 0 Å². The highest BCUT2D eigenvalue weighted by molar-refractivity contribution is 6.29. The molecule has 0 unspecified atom stereocenters. The van der Waals surface area contributed by atoms with Crippen molar-refractivity contribution in [2.75, 3.05) is 49.1 Å². The predicted molar refractivity (Wildman–Crippen MR) is 73.6 cm³/mol. The summed E-state index contributed by atoms with van der Waals surface area (Å²) in [6.45, 7) is 6.05. The number of hydrogen-bond donors (Lipinski definition) is 1. The first kappa shape index (κ1) is 12.0. The fraction of sp³-hybridized carbons (Fsp3) is 0.667. The number of nitrogens with zero attached hydrogens (tertiary/aromatic N) is 4. The number of aromatic nitrogens is 2. The first-order valence-corrected chi connectivity index (χ1v) is 6.96. The summed E-state index contributed by atoms with van der Waals surface area (Å²) in [5.41, 5.74) is 0. The molecule has 2 aliphatic heterocycles. The van der Waals surface area contributed by atoms with Crippen LogP contribution in [0.25, 0.3) is 0 Å². The fourth-order valence-electron chi connectivity index (χ4n) is 2.51. The van der Waals surface area contributed by atoms with Gasteiger partial charge in [-0.2, -0.15) is 4.98 Å². The van der Waals surface area contributed by atoms with Crippen LogP contribution in [0.3, 0.4) is 0 Å². The number of rotatable bonds is 2. The lowest BCUT2D eigenvalue weighted by Crippen LogP contribution is -2.44. The quantitative estimate of drug-likeness (QED) is 0.814. The maximum Gasteiger partial charge on any atom is 0.228 e. The summed E-state index contributed by atoms with van der Waals surface area (Å²) >= 11 is 6.13. The Bertz CT molecular complexity index is 413. The fourth-order valence-corrected chi connectivity index (χ4v) is 2.68. The lowest BCUT2D eigenvalue weighted by molar-refractivity contribution is 0.584. The molecule has 2 fully saturated rings. The van der Waals surface area contributed by atoms with Crippen LogP contribution in [0.15, 0.2) is 6.07 Å². The number of hydrogen-bond acceptors (Lipinski definition) is 5. The van der Waals surface area contributed by atoms with Crippen LogP contribution in [0.1, 0.15) is 12.8 Å². The van der Waals surface area contributed by atoms with E-state index < -0.39 is 0 Å². The molecule has 18 heavy (non-hydrogen) atoms. The molecular weight excluding hydrogens is 250 g/mol. The van der Waals surface area contributed by atoms with Gasteiger partial charge in [-0.05, 0) is 12.8 Å². The third kappa shape index (κ3) is 2.52. The lowest BCUT2D eigenvalue weighted by atomic mass is 10.3. The molecule has 6 heteroatoms. The molecule has 2 aliphatic rings. The summed E-state index contributed by atoms with van der Waals surface area (Å²) in [6, 6.07) is 1.87. The van der Waals surface area contributed by atoms with Crippen LogP contribution < -0.4 is 15.1 Å². The molecule has 1 N–H and O–H groups in total. The van der Waals surface area contributed by atoms with Gasteiger partial charge in [0.15, 0.2) is 0 Å². The van der Waals surface area contributed by atoms with Crippen molar-refractivity contribution in [1.82, 2.24) is 15.3 Å². The molecule has 5 nitrogen and oxygen atoms in total. The topological polar surface area (TPSA) is 44.3 Å². The van der Waals surface area contributed by atoms with Crippen molar-refractivity contribution in [2.45, 2.75) is 12.8 Å². The van der Waals surface area contributed by atoms with E-state index in [1.54, 1.807) is 0 Å². The molecule has 0 atom stereocenters. The van der Waals surface area contributed by atoms with Crippen LogP contribution >= 0.6 is 11.6 Å². The average molecular weight is 268 g/mol. The molecular formula is C12H18ClN5. The van der Waals surface area contributed by atoms with E-state index in [9.17, 15) is 0 Å². The smallest absolute Gasteiger partial charge is 0.228 e. The molecule has 3 heterocycles. The Morgan fingerprint density at radius 3 is 2.44 bits per heavy atom. The molecule has 0 bridgehead atoms. The molecule has 0 spiro atoms. The van der Waals surface area contributed by atoms with E-state index in [0.29, 0.717) is 5.15 Å². The van der Waals surface area contributed by atoms with E-state index in [1.165, 1.54) is 12.8 Å². The van der Waals surface area contributed by atoms with E-state index in [1.807, 2.05) is 6.07 Å². The zero-order chi connectivity index (χ0) is 12.4. The molecule has 0 radical (unpaired) electrons. The van der Waals surface area contributed by atoms with Gasteiger partial charge < -0.3 is 15.1 Å². The SMILES string of the molecule is Clc1cc(N2CCNCC2)nc(N2CCCC2)n1. The van der Waals surface area contributed by atoms with Crippen molar-refractivity contribution in [3.8, 4) is 0 Å². The monoisotopic (exact) mass is 267 g/mol. The van der Waals surface area contributed by atoms with Crippen LogP contribution in [0, 0.1) is 0 Å². The highest BCUT2D eigenvalue weighted by Gasteiger charge is 2.19. The molecule has 3 rings (SSSR count). The van der Waals surface area contributed by atoms with Gasteiger partial charge in [-0.25, -0.2) is 4.98 Å². The second kappa shape index (κ2) is 5.28. The van der Waals surface area contributed by atoms with Crippen LogP contribution in [-0.4, -0.2) is 49.2 Å². The molecule has 1 aromatic rings. The minimum absolute atomic E-state index is 0.542. The van der Waals surface area contributed by atoms with Crippen LogP contribution in [-0.2, 0) is 0 Å². The Balaban J connectivity index is 1.84. The van der Waals surface area contributed by atoms with Crippen LogP contribution in [0.2, 0.25) is 5.15 Å². The zero-order valence-corrected chi connectivity index (χ0v) is 11.2. The molecule has 2 saturated heterocycles. The van der Waals surface area contributed by atoms with Gasteiger partial charge in [-0.3, -0.25) is 0 Å². The van der Waals surface area contributed by atoms with Gasteiger partial charge in [0.2, 0.25) is 5.95 Å². The summed E-state index contributed by atoms with van der Waals surface area (Å²) in [7, 11) is 0. The molecule has 1 aromatic heterocycles. The van der Waals surface area contributed by atoms with Gasteiger partial charge in [0.25, 0.3) is 0 Å². The first-order chi connectivity index (χ1) is 8.83. The summed E-state index contributed by atoms with van der Waals surface area (Å²) in [5, 5.41) is 3.88. The van der Waals surface area contributed by atoms with Gasteiger partial charge in [-0.15, -0.1) is 0 Å². The summed E-state index contributed by atoms with van der Waals surface area (Å²) in [4.78, 5) is 13.5. The zero-order valence-electron chi connectivity index (χ0n) is 10.4. The van der Waals surface area contributed by atoms with Crippen molar-refractivity contribution >= 4 is 23.4 Å². The second-order valence-electron chi connectivity index (χ2n) is 4.78. The lowest BCUT2D eigenvalue weighted by Gasteiger charge is -2.29. The molecule has 0 aromatic carbocycles. The Hall–Kier alpha value is -1.07. The van der Waals surface area contributed by atoms with Crippen molar-refractivity contribution in [3.63, 3.8) is 0 Å². The highest BCUT2D eigenvalue weighted by Crippen LogP contribution is 2.23. The molecule has 0 saturated carbocycles. The van der Waals surface area contributed by atoms with Crippen molar-refractivity contribution in [1.29, 1.82) is 0 Å². The summed E-state index contributed by atoms with van der Waals surface area (Å²) in [6.07, 6.45) is 2.44. The molecule has 0 aliphatic carbocycles. The highest BCUT2D eigenvalue weighted by atomic mass is 35.5. The normalized spacial score (nSPS) is 20.5. The van der Waals surface area contributed by atoms with Gasteiger partial charge in [0.05, 0.1) is 0 Å². The Labute approximate surface area is 112 Å². The third-order valence-electron chi connectivity index (χ3n) is 3.50. The summed E-state index contributed by atoms with van der Waals surface area (Å²) in [5.74, 6) is 1.74. The first-order valence-electron chi connectivity index (χ1n) is 6.58. The number of halogens is 1. The van der Waals surface area contributed by atoms with E-state index >= 15 is 0 Å². The minimum Gasteiger partial charge on any atom is -0.354 e. The van der Waals surface area contributed by atoms with Crippen molar-refractivity contribution in [2.24, 2.45) is 0 Å². The number of piperazine rings is 1. The standard InChI is InChI=1S/C12H18ClN5/c13-10-9-11(17-7-3-14-4-8-17)16-12(15-10)18-5-1-2-6-18/h9,14H,1-8H2. The van der Waals surface area contributed by atoms with Gasteiger partial charge >= 0.3 is 0 Å². The van der Waals surface area contributed by atoms with Crippen LogP contribution in [0.4, 0.5) is 11.8 Å². The van der Waals surface area contributed by atoms with Crippen LogP contribution in [0.5, 0.6) is 0 Å². The van der Waals surface area contributed by atoms with Gasteiger partial charge in [0, 0.05) is 45.3 Å². The number of anilines is 2. The Kier molecular flexibility index (Phi) is 3.52.